The molecule has 1 amide bonds. The molecule has 0 atom stereocenters. The number of ether oxygens (including phenoxy) is 1. The number of hydrogen-bond acceptors (Lipinski definition) is 7. The molecule has 0 aliphatic rings. The summed E-state index contributed by atoms with van der Waals surface area (Å²) in [5.41, 5.74) is 0.446. The van der Waals surface area contributed by atoms with Crippen LogP contribution in [-0.4, -0.2) is 33.2 Å². The molecule has 2 aromatic carbocycles. The van der Waals surface area contributed by atoms with E-state index in [2.05, 4.69) is 24.1 Å². The van der Waals surface area contributed by atoms with Gasteiger partial charge in [-0.3, -0.25) is 24.3 Å². The van der Waals surface area contributed by atoms with E-state index < -0.39 is 4.92 Å². The standard InChI is InChI=1S/C22H23ClN4O5S/c1-13(2)8-9-26-21(29)16-6-4-14(23)10-18(16)25-22(26)33-12-20(28)24-17-7-5-15(27(30)31)11-19(17)32-3/h4-7,10-11,13H,8-9,12H2,1-3H3,(H,24,28). The van der Waals surface area contributed by atoms with Crippen LogP contribution in [0.2, 0.25) is 5.02 Å². The van der Waals surface area contributed by atoms with Crippen molar-refractivity contribution in [1.29, 1.82) is 0 Å². The first-order chi connectivity index (χ1) is 15.7. The summed E-state index contributed by atoms with van der Waals surface area (Å²) in [5, 5.41) is 15.0. The van der Waals surface area contributed by atoms with Crippen LogP contribution in [0.15, 0.2) is 46.3 Å². The largest absolute Gasteiger partial charge is 0.494 e. The summed E-state index contributed by atoms with van der Waals surface area (Å²) in [6.07, 6.45) is 0.778. The number of methoxy groups -OCH3 is 1. The first-order valence-corrected chi connectivity index (χ1v) is 11.5. The van der Waals surface area contributed by atoms with Crippen LogP contribution in [0, 0.1) is 16.0 Å². The highest BCUT2D eigenvalue weighted by Crippen LogP contribution is 2.29. The molecule has 1 heterocycles. The number of nitrogens with zero attached hydrogens (tertiary/aromatic N) is 3. The Balaban J connectivity index is 1.83. The number of thioether (sulfide) groups is 1. The third kappa shape index (κ3) is 6.02. The molecule has 0 aliphatic carbocycles. The van der Waals surface area contributed by atoms with Crippen LogP contribution in [0.5, 0.6) is 5.75 Å². The fourth-order valence-corrected chi connectivity index (χ4v) is 4.07. The number of halogens is 1. The minimum Gasteiger partial charge on any atom is -0.494 e. The molecule has 0 aliphatic heterocycles. The lowest BCUT2D eigenvalue weighted by Crippen LogP contribution is -2.25. The number of anilines is 1. The van der Waals surface area contributed by atoms with Crippen LogP contribution in [-0.2, 0) is 11.3 Å². The number of fused-ring (bicyclic) bond motifs is 1. The van der Waals surface area contributed by atoms with Crippen LogP contribution in [0.1, 0.15) is 20.3 Å². The van der Waals surface area contributed by atoms with Gasteiger partial charge in [0.2, 0.25) is 5.91 Å². The first-order valence-electron chi connectivity index (χ1n) is 10.1. The van der Waals surface area contributed by atoms with Crippen molar-refractivity contribution in [1.82, 2.24) is 9.55 Å². The number of nitro groups is 1. The molecule has 0 bridgehead atoms. The SMILES string of the molecule is COc1cc([N+](=O)[O-])ccc1NC(=O)CSc1nc2cc(Cl)ccc2c(=O)n1CCC(C)C. The lowest BCUT2D eigenvalue weighted by Gasteiger charge is -2.14. The summed E-state index contributed by atoms with van der Waals surface area (Å²) in [6, 6.07) is 8.86. The monoisotopic (exact) mass is 490 g/mol. The van der Waals surface area contributed by atoms with Crippen LogP contribution >= 0.6 is 23.4 Å². The Labute approximate surface area is 199 Å². The molecule has 1 aromatic heterocycles. The minimum atomic E-state index is -0.544. The highest BCUT2D eigenvalue weighted by atomic mass is 35.5. The average molecular weight is 491 g/mol. The summed E-state index contributed by atoms with van der Waals surface area (Å²) < 4.78 is 6.74. The average Bonchev–Trinajstić information content (AvgIpc) is 2.76. The molecule has 0 fully saturated rings. The molecule has 0 spiro atoms. The summed E-state index contributed by atoms with van der Waals surface area (Å²) in [5.74, 6) is 0.159. The van der Waals surface area contributed by atoms with Gasteiger partial charge in [0, 0.05) is 17.6 Å². The molecule has 11 heteroatoms. The van der Waals surface area contributed by atoms with Gasteiger partial charge in [-0.25, -0.2) is 4.98 Å². The van der Waals surface area contributed by atoms with Gasteiger partial charge in [0.1, 0.15) is 5.75 Å². The Hall–Kier alpha value is -3.11. The normalized spacial score (nSPS) is 11.1. The van der Waals surface area contributed by atoms with Crippen molar-refractivity contribution in [3.05, 3.63) is 61.9 Å². The second kappa shape index (κ2) is 10.7. The number of amides is 1. The van der Waals surface area contributed by atoms with Gasteiger partial charge in [0.05, 0.1) is 40.4 Å². The van der Waals surface area contributed by atoms with Crippen molar-refractivity contribution in [2.24, 2.45) is 5.92 Å². The van der Waals surface area contributed by atoms with Gasteiger partial charge < -0.3 is 10.1 Å². The Morgan fingerprint density at radius 2 is 2.06 bits per heavy atom. The highest BCUT2D eigenvalue weighted by molar-refractivity contribution is 7.99. The van der Waals surface area contributed by atoms with E-state index in [1.165, 1.54) is 25.3 Å². The second-order valence-electron chi connectivity index (χ2n) is 7.67. The van der Waals surface area contributed by atoms with E-state index in [1.807, 2.05) is 0 Å². The third-order valence-corrected chi connectivity index (χ3v) is 6.03. The van der Waals surface area contributed by atoms with Crippen molar-refractivity contribution in [3.8, 4) is 5.75 Å². The zero-order chi connectivity index (χ0) is 24.1. The number of non-ortho nitro benzene ring substituents is 1. The first kappa shape index (κ1) is 24.5. The van der Waals surface area contributed by atoms with E-state index >= 15 is 0 Å². The summed E-state index contributed by atoms with van der Waals surface area (Å²) >= 11 is 7.20. The molecular formula is C22H23ClN4O5S. The fourth-order valence-electron chi connectivity index (χ4n) is 3.08. The van der Waals surface area contributed by atoms with Gasteiger partial charge in [-0.15, -0.1) is 0 Å². The third-order valence-electron chi connectivity index (χ3n) is 4.81. The Bertz CT molecular complexity index is 1260. The molecule has 9 nitrogen and oxygen atoms in total. The lowest BCUT2D eigenvalue weighted by molar-refractivity contribution is -0.384. The topological polar surface area (TPSA) is 116 Å². The Kier molecular flexibility index (Phi) is 7.93. The van der Waals surface area contributed by atoms with E-state index in [9.17, 15) is 19.7 Å². The van der Waals surface area contributed by atoms with Crippen molar-refractivity contribution in [3.63, 3.8) is 0 Å². The summed E-state index contributed by atoms with van der Waals surface area (Å²) in [6.45, 7) is 4.61. The van der Waals surface area contributed by atoms with E-state index in [1.54, 1.807) is 22.8 Å². The zero-order valence-corrected chi connectivity index (χ0v) is 19.9. The number of carbonyl (C=O) groups is 1. The van der Waals surface area contributed by atoms with Gasteiger partial charge in [-0.2, -0.15) is 0 Å². The molecule has 0 saturated heterocycles. The second-order valence-corrected chi connectivity index (χ2v) is 9.05. The molecule has 174 valence electrons. The lowest BCUT2D eigenvalue weighted by atomic mass is 10.1. The molecule has 1 N–H and O–H groups in total. The number of nitro benzene ring substituents is 1. The van der Waals surface area contributed by atoms with Gasteiger partial charge in [-0.1, -0.05) is 37.2 Å². The van der Waals surface area contributed by atoms with Gasteiger partial charge in [0.25, 0.3) is 11.2 Å². The van der Waals surface area contributed by atoms with Gasteiger partial charge >= 0.3 is 0 Å². The maximum absolute atomic E-state index is 13.1. The number of rotatable bonds is 9. The molecule has 33 heavy (non-hydrogen) atoms. The highest BCUT2D eigenvalue weighted by Gasteiger charge is 2.16. The number of hydrogen-bond donors (Lipinski definition) is 1. The number of benzene rings is 2. The molecule has 0 saturated carbocycles. The van der Waals surface area contributed by atoms with Crippen LogP contribution in [0.3, 0.4) is 0 Å². The fraction of sp³-hybridized carbons (Fsp3) is 0.318. The predicted molar refractivity (Wildman–Crippen MR) is 129 cm³/mol. The van der Waals surface area contributed by atoms with E-state index in [0.29, 0.717) is 39.2 Å². The van der Waals surface area contributed by atoms with E-state index in [4.69, 9.17) is 16.3 Å². The number of carbonyl (C=O) groups excluding carboxylic acids is 1. The van der Waals surface area contributed by atoms with Crippen LogP contribution < -0.4 is 15.6 Å². The summed E-state index contributed by atoms with van der Waals surface area (Å²) in [7, 11) is 1.36. The molecular weight excluding hydrogens is 468 g/mol. The zero-order valence-electron chi connectivity index (χ0n) is 18.3. The molecule has 0 unspecified atom stereocenters. The summed E-state index contributed by atoms with van der Waals surface area (Å²) in [4.78, 5) is 40.7. The quantitative estimate of drug-likeness (QED) is 0.199. The molecule has 3 aromatic rings. The van der Waals surface area contributed by atoms with Crippen molar-refractivity contribution in [2.45, 2.75) is 32.0 Å². The van der Waals surface area contributed by atoms with Crippen molar-refractivity contribution < 1.29 is 14.5 Å². The van der Waals surface area contributed by atoms with Gasteiger partial charge in [-0.05, 0) is 36.6 Å². The Morgan fingerprint density at radius 1 is 1.30 bits per heavy atom. The smallest absolute Gasteiger partial charge is 0.273 e. The molecule has 0 radical (unpaired) electrons. The molecule has 3 rings (SSSR count). The van der Waals surface area contributed by atoms with E-state index in [0.717, 1.165) is 18.2 Å². The van der Waals surface area contributed by atoms with E-state index in [-0.39, 0.29) is 28.7 Å². The Morgan fingerprint density at radius 3 is 2.73 bits per heavy atom. The van der Waals surface area contributed by atoms with Crippen LogP contribution in [0.4, 0.5) is 11.4 Å². The number of nitrogens with one attached hydrogen (secondary N) is 1. The minimum absolute atomic E-state index is 0.0274. The van der Waals surface area contributed by atoms with Crippen molar-refractivity contribution >= 4 is 51.5 Å². The maximum atomic E-state index is 13.1. The van der Waals surface area contributed by atoms with Gasteiger partial charge in [0.15, 0.2) is 5.16 Å². The van der Waals surface area contributed by atoms with Crippen molar-refractivity contribution in [2.75, 3.05) is 18.2 Å². The maximum Gasteiger partial charge on any atom is 0.273 e. The van der Waals surface area contributed by atoms with Crippen LogP contribution in [0.25, 0.3) is 10.9 Å². The number of aromatic nitrogens is 2. The predicted octanol–water partition coefficient (Wildman–Crippen LogP) is 4.74.